The quantitative estimate of drug-likeness (QED) is 0.326. The average Bonchev–Trinajstić information content (AvgIpc) is 2.83. The smallest absolute Gasteiger partial charge is 0.369 e. The highest BCUT2D eigenvalue weighted by Gasteiger charge is 2.34. The summed E-state index contributed by atoms with van der Waals surface area (Å²) in [6.45, 7) is 5.34. The van der Waals surface area contributed by atoms with Gasteiger partial charge in [0.05, 0.1) is 23.3 Å². The fraction of sp³-hybridized carbons (Fsp3) is 0.296. The van der Waals surface area contributed by atoms with Crippen molar-refractivity contribution in [3.8, 4) is 11.3 Å². The van der Waals surface area contributed by atoms with Crippen LogP contribution in [0.2, 0.25) is 0 Å². The summed E-state index contributed by atoms with van der Waals surface area (Å²) in [7, 11) is 1.99. The summed E-state index contributed by atoms with van der Waals surface area (Å²) in [6.07, 6.45) is -2.32. The number of pyridine rings is 1. The number of nitrogens with zero attached hydrogens (tertiary/aromatic N) is 4. The third-order valence-electron chi connectivity index (χ3n) is 5.95. The van der Waals surface area contributed by atoms with E-state index >= 15 is 0 Å². The molecule has 0 unspecified atom stereocenters. The minimum atomic E-state index is -4.50. The lowest BCUT2D eigenvalue weighted by molar-refractivity contribution is -0.137. The topological polar surface area (TPSA) is 53.9 Å². The first-order valence-electron chi connectivity index (χ1n) is 11.5. The largest absolute Gasteiger partial charge is 0.418 e. The predicted octanol–water partition coefficient (Wildman–Crippen LogP) is 6.21. The van der Waals surface area contributed by atoms with Crippen LogP contribution < -0.4 is 5.32 Å². The number of alkyl halides is 3. The number of rotatable bonds is 8. The van der Waals surface area contributed by atoms with Crippen LogP contribution in [-0.2, 0) is 19.1 Å². The van der Waals surface area contributed by atoms with Gasteiger partial charge in [-0.15, -0.1) is 0 Å². The maximum absolute atomic E-state index is 13.6. The highest BCUT2D eigenvalue weighted by molar-refractivity contribution is 5.92. The molecule has 5 nitrogen and oxygen atoms in total. The van der Waals surface area contributed by atoms with E-state index in [1.54, 1.807) is 18.2 Å². The summed E-state index contributed by atoms with van der Waals surface area (Å²) in [5.74, 6) is 1.27. The summed E-state index contributed by atoms with van der Waals surface area (Å²) in [5.41, 5.74) is 1.26. The van der Waals surface area contributed by atoms with Crippen molar-refractivity contribution in [3.63, 3.8) is 0 Å². The summed E-state index contributed by atoms with van der Waals surface area (Å²) >= 11 is 0. The Balaban J connectivity index is 1.73. The molecule has 2 aromatic heterocycles. The van der Waals surface area contributed by atoms with Crippen molar-refractivity contribution in [1.29, 1.82) is 0 Å². The second kappa shape index (κ2) is 10.4. The van der Waals surface area contributed by atoms with E-state index in [2.05, 4.69) is 41.2 Å². The van der Waals surface area contributed by atoms with Gasteiger partial charge in [0.1, 0.15) is 11.6 Å². The summed E-state index contributed by atoms with van der Waals surface area (Å²) in [5, 5.41) is 4.16. The van der Waals surface area contributed by atoms with Crippen LogP contribution in [0.15, 0.2) is 66.9 Å². The number of hydrogen-bond acceptors (Lipinski definition) is 5. The SMILES string of the molecule is CC(C)N(C)Cc1nc(NCCc2ccccc2)c2ccc(-c3ncccc3C(F)(F)F)cc2n1. The van der Waals surface area contributed by atoms with Gasteiger partial charge in [0.25, 0.3) is 0 Å². The van der Waals surface area contributed by atoms with Gasteiger partial charge in [-0.05, 0) is 57.1 Å². The number of anilines is 1. The molecule has 0 aliphatic carbocycles. The molecule has 4 aromatic rings. The normalized spacial score (nSPS) is 12.0. The molecule has 0 atom stereocenters. The van der Waals surface area contributed by atoms with Crippen molar-refractivity contribution in [3.05, 3.63) is 83.8 Å². The van der Waals surface area contributed by atoms with Crippen LogP contribution in [0, 0.1) is 0 Å². The van der Waals surface area contributed by atoms with Gasteiger partial charge in [-0.25, -0.2) is 9.97 Å². The molecule has 1 N–H and O–H groups in total. The van der Waals surface area contributed by atoms with Gasteiger partial charge in [-0.3, -0.25) is 9.88 Å². The van der Waals surface area contributed by atoms with E-state index in [4.69, 9.17) is 9.97 Å². The van der Waals surface area contributed by atoms with Crippen LogP contribution in [0.4, 0.5) is 19.0 Å². The maximum atomic E-state index is 13.6. The molecule has 0 spiro atoms. The Kier molecular flexibility index (Phi) is 7.31. The molecular weight excluding hydrogens is 451 g/mol. The molecule has 0 amide bonds. The third-order valence-corrected chi connectivity index (χ3v) is 5.95. The van der Waals surface area contributed by atoms with Gasteiger partial charge in [-0.2, -0.15) is 13.2 Å². The van der Waals surface area contributed by atoms with Gasteiger partial charge in [-0.1, -0.05) is 36.4 Å². The van der Waals surface area contributed by atoms with E-state index in [-0.39, 0.29) is 11.7 Å². The van der Waals surface area contributed by atoms with Crippen molar-refractivity contribution in [2.75, 3.05) is 18.9 Å². The van der Waals surface area contributed by atoms with Crippen molar-refractivity contribution < 1.29 is 13.2 Å². The molecule has 0 saturated carbocycles. The molecule has 2 heterocycles. The van der Waals surface area contributed by atoms with Crippen molar-refractivity contribution in [1.82, 2.24) is 19.9 Å². The van der Waals surface area contributed by atoms with Crippen LogP contribution in [0.25, 0.3) is 22.2 Å². The van der Waals surface area contributed by atoms with E-state index in [1.807, 2.05) is 25.2 Å². The first-order chi connectivity index (χ1) is 16.7. The fourth-order valence-electron chi connectivity index (χ4n) is 3.77. The Bertz CT molecular complexity index is 1290. The van der Waals surface area contributed by atoms with Gasteiger partial charge >= 0.3 is 6.18 Å². The number of hydrogen-bond donors (Lipinski definition) is 1. The fourth-order valence-corrected chi connectivity index (χ4v) is 3.77. The van der Waals surface area contributed by atoms with Gasteiger partial charge in [0.2, 0.25) is 0 Å². The molecule has 0 aliphatic heterocycles. The van der Waals surface area contributed by atoms with Crippen LogP contribution in [-0.4, -0.2) is 39.5 Å². The predicted molar refractivity (Wildman–Crippen MR) is 133 cm³/mol. The second-order valence-electron chi connectivity index (χ2n) is 8.79. The second-order valence-corrected chi connectivity index (χ2v) is 8.79. The molecule has 4 rings (SSSR count). The lowest BCUT2D eigenvalue weighted by atomic mass is 10.0. The van der Waals surface area contributed by atoms with Crippen molar-refractivity contribution >= 4 is 16.7 Å². The molecule has 0 radical (unpaired) electrons. The van der Waals surface area contributed by atoms with Crippen molar-refractivity contribution in [2.45, 2.75) is 39.0 Å². The molecule has 2 aromatic carbocycles. The van der Waals surface area contributed by atoms with E-state index in [9.17, 15) is 13.2 Å². The number of aromatic nitrogens is 3. The number of benzene rings is 2. The van der Waals surface area contributed by atoms with Crippen LogP contribution in [0.1, 0.15) is 30.8 Å². The Morgan fingerprint density at radius 1 is 0.971 bits per heavy atom. The first-order valence-corrected chi connectivity index (χ1v) is 11.5. The monoisotopic (exact) mass is 479 g/mol. The molecule has 0 fully saturated rings. The standard InChI is InChI=1S/C27H28F3N5/c1-18(2)35(3)17-24-33-23-16-20(25-22(27(28,29)30)10-7-14-31-25)11-12-21(23)26(34-24)32-15-13-19-8-5-4-6-9-19/h4-12,14,16,18H,13,15,17H2,1-3H3,(H,32,33,34). The van der Waals surface area contributed by atoms with Gasteiger partial charge < -0.3 is 5.32 Å². The van der Waals surface area contributed by atoms with Crippen molar-refractivity contribution in [2.24, 2.45) is 0 Å². The molecule has 0 aliphatic rings. The Morgan fingerprint density at radius 2 is 1.74 bits per heavy atom. The first kappa shape index (κ1) is 24.6. The van der Waals surface area contributed by atoms with E-state index in [0.29, 0.717) is 35.8 Å². The number of fused-ring (bicyclic) bond motifs is 1. The van der Waals surface area contributed by atoms with Crippen LogP contribution in [0.5, 0.6) is 0 Å². The Morgan fingerprint density at radius 3 is 2.46 bits per heavy atom. The lowest BCUT2D eigenvalue weighted by Gasteiger charge is -2.21. The van der Waals surface area contributed by atoms with E-state index in [1.165, 1.54) is 17.8 Å². The van der Waals surface area contributed by atoms with E-state index in [0.717, 1.165) is 17.9 Å². The molecular formula is C27H28F3N5. The van der Waals surface area contributed by atoms with Gasteiger partial charge in [0, 0.05) is 29.7 Å². The zero-order valence-corrected chi connectivity index (χ0v) is 20.0. The summed E-state index contributed by atoms with van der Waals surface area (Å²) < 4.78 is 40.8. The van der Waals surface area contributed by atoms with Gasteiger partial charge in [0.15, 0.2) is 0 Å². The Labute approximate surface area is 203 Å². The minimum absolute atomic E-state index is 0.111. The summed E-state index contributed by atoms with van der Waals surface area (Å²) in [4.78, 5) is 15.6. The Hall–Kier alpha value is -3.52. The number of halogens is 3. The molecule has 8 heteroatoms. The molecule has 35 heavy (non-hydrogen) atoms. The lowest BCUT2D eigenvalue weighted by Crippen LogP contribution is -2.26. The third kappa shape index (κ3) is 5.95. The van der Waals surface area contributed by atoms with Crippen LogP contribution >= 0.6 is 0 Å². The zero-order chi connectivity index (χ0) is 25.0. The number of nitrogens with one attached hydrogen (secondary N) is 1. The highest BCUT2D eigenvalue weighted by atomic mass is 19.4. The maximum Gasteiger partial charge on any atom is 0.418 e. The molecule has 0 saturated heterocycles. The molecule has 0 bridgehead atoms. The zero-order valence-electron chi connectivity index (χ0n) is 20.0. The average molecular weight is 480 g/mol. The minimum Gasteiger partial charge on any atom is -0.369 e. The van der Waals surface area contributed by atoms with E-state index < -0.39 is 11.7 Å². The molecule has 182 valence electrons. The van der Waals surface area contributed by atoms with Crippen LogP contribution in [0.3, 0.4) is 0 Å². The summed E-state index contributed by atoms with van der Waals surface area (Å²) in [6, 6.07) is 17.8. The highest BCUT2D eigenvalue weighted by Crippen LogP contribution is 2.36.